The Balaban J connectivity index is 2.37. The standard InChI is InChI=1S/C15H18N2S/c1-4-10(2)12-5-7-13(8-6-12)14-9-11(3)16-15(18)17-14/h5-10H,4H2,1-3H3,(H,16,17,18). The van der Waals surface area contributed by atoms with E-state index in [1.165, 1.54) is 5.56 Å². The van der Waals surface area contributed by atoms with Crippen LogP contribution in [0, 0.1) is 11.7 Å². The van der Waals surface area contributed by atoms with Gasteiger partial charge in [-0.05, 0) is 43.1 Å². The number of nitrogens with zero attached hydrogens (tertiary/aromatic N) is 1. The van der Waals surface area contributed by atoms with Gasteiger partial charge in [0.15, 0.2) is 4.77 Å². The normalized spacial score (nSPS) is 12.4. The van der Waals surface area contributed by atoms with E-state index in [0.29, 0.717) is 10.7 Å². The zero-order valence-electron chi connectivity index (χ0n) is 11.0. The van der Waals surface area contributed by atoms with Gasteiger partial charge in [-0.2, -0.15) is 0 Å². The number of benzene rings is 1. The Morgan fingerprint density at radius 3 is 2.50 bits per heavy atom. The molecule has 1 atom stereocenters. The summed E-state index contributed by atoms with van der Waals surface area (Å²) in [5.41, 5.74) is 4.47. The van der Waals surface area contributed by atoms with Gasteiger partial charge in [0.25, 0.3) is 0 Å². The van der Waals surface area contributed by atoms with Gasteiger partial charge < -0.3 is 4.98 Å². The zero-order chi connectivity index (χ0) is 13.1. The molecule has 1 heterocycles. The van der Waals surface area contributed by atoms with E-state index < -0.39 is 0 Å². The predicted octanol–water partition coefficient (Wildman–Crippen LogP) is 4.63. The van der Waals surface area contributed by atoms with E-state index in [1.807, 2.05) is 13.0 Å². The van der Waals surface area contributed by atoms with Gasteiger partial charge in [0.1, 0.15) is 0 Å². The zero-order valence-corrected chi connectivity index (χ0v) is 11.8. The molecule has 0 saturated heterocycles. The van der Waals surface area contributed by atoms with Crippen molar-refractivity contribution in [3.05, 3.63) is 46.4 Å². The fourth-order valence-corrected chi connectivity index (χ4v) is 2.20. The second-order valence-electron chi connectivity index (χ2n) is 4.69. The highest BCUT2D eigenvalue weighted by Crippen LogP contribution is 2.23. The summed E-state index contributed by atoms with van der Waals surface area (Å²) in [7, 11) is 0. The molecule has 2 aromatic rings. The molecule has 0 aliphatic carbocycles. The number of H-pyrrole nitrogens is 1. The third-order valence-corrected chi connectivity index (χ3v) is 3.46. The Kier molecular flexibility index (Phi) is 3.92. The predicted molar refractivity (Wildman–Crippen MR) is 78.3 cm³/mol. The molecular formula is C15H18N2S. The lowest BCUT2D eigenvalue weighted by atomic mass is 9.97. The average molecular weight is 258 g/mol. The maximum absolute atomic E-state index is 5.11. The van der Waals surface area contributed by atoms with E-state index in [-0.39, 0.29) is 0 Å². The van der Waals surface area contributed by atoms with Crippen LogP contribution in [0.2, 0.25) is 0 Å². The topological polar surface area (TPSA) is 28.7 Å². The van der Waals surface area contributed by atoms with Crippen molar-refractivity contribution in [2.24, 2.45) is 0 Å². The molecular weight excluding hydrogens is 240 g/mol. The minimum atomic E-state index is 0.538. The molecule has 18 heavy (non-hydrogen) atoms. The molecule has 1 aromatic heterocycles. The summed E-state index contributed by atoms with van der Waals surface area (Å²) in [6.45, 7) is 6.45. The number of aromatic amines is 1. The number of aryl methyl sites for hydroxylation is 1. The van der Waals surface area contributed by atoms with Gasteiger partial charge in [-0.1, -0.05) is 38.1 Å². The van der Waals surface area contributed by atoms with Gasteiger partial charge in [0.05, 0.1) is 5.69 Å². The van der Waals surface area contributed by atoms with Crippen molar-refractivity contribution in [2.75, 3.05) is 0 Å². The lowest BCUT2D eigenvalue weighted by molar-refractivity contribution is 0.734. The number of hydrogen-bond acceptors (Lipinski definition) is 2. The summed E-state index contributed by atoms with van der Waals surface area (Å²) in [5, 5.41) is 0. The van der Waals surface area contributed by atoms with Crippen molar-refractivity contribution in [3.8, 4) is 11.3 Å². The molecule has 1 unspecified atom stereocenters. The van der Waals surface area contributed by atoms with Gasteiger partial charge in [0, 0.05) is 11.3 Å². The number of nitrogens with one attached hydrogen (secondary N) is 1. The van der Waals surface area contributed by atoms with Crippen LogP contribution in [-0.4, -0.2) is 9.97 Å². The van der Waals surface area contributed by atoms with Crippen LogP contribution in [0.15, 0.2) is 30.3 Å². The number of rotatable bonds is 3. The Morgan fingerprint density at radius 1 is 1.28 bits per heavy atom. The Hall–Kier alpha value is -1.48. The van der Waals surface area contributed by atoms with Crippen molar-refractivity contribution in [2.45, 2.75) is 33.1 Å². The molecule has 1 N–H and O–H groups in total. The first-order valence-electron chi connectivity index (χ1n) is 6.28. The summed E-state index contributed by atoms with van der Waals surface area (Å²) in [6, 6.07) is 10.6. The van der Waals surface area contributed by atoms with Crippen molar-refractivity contribution in [1.29, 1.82) is 0 Å². The molecule has 2 nitrogen and oxygen atoms in total. The number of aromatic nitrogens is 2. The second-order valence-corrected chi connectivity index (χ2v) is 5.07. The Morgan fingerprint density at radius 2 is 1.94 bits per heavy atom. The molecule has 0 aliphatic rings. The van der Waals surface area contributed by atoms with Crippen LogP contribution in [0.4, 0.5) is 0 Å². The minimum Gasteiger partial charge on any atom is -0.335 e. The van der Waals surface area contributed by atoms with Gasteiger partial charge >= 0.3 is 0 Å². The highest BCUT2D eigenvalue weighted by molar-refractivity contribution is 7.71. The molecule has 1 aromatic carbocycles. The maximum atomic E-state index is 5.11. The molecule has 2 rings (SSSR count). The molecule has 0 aliphatic heterocycles. The van der Waals surface area contributed by atoms with E-state index in [9.17, 15) is 0 Å². The summed E-state index contributed by atoms with van der Waals surface area (Å²) in [6.07, 6.45) is 1.16. The van der Waals surface area contributed by atoms with Crippen molar-refractivity contribution >= 4 is 12.2 Å². The highest BCUT2D eigenvalue weighted by Gasteiger charge is 2.04. The van der Waals surface area contributed by atoms with E-state index in [4.69, 9.17) is 12.2 Å². The lowest BCUT2D eigenvalue weighted by Gasteiger charge is -2.09. The second kappa shape index (κ2) is 5.44. The lowest BCUT2D eigenvalue weighted by Crippen LogP contribution is -1.93. The largest absolute Gasteiger partial charge is 0.335 e. The van der Waals surface area contributed by atoms with Crippen LogP contribution in [0.3, 0.4) is 0 Å². The van der Waals surface area contributed by atoms with Crippen LogP contribution in [0.25, 0.3) is 11.3 Å². The van der Waals surface area contributed by atoms with Crippen LogP contribution < -0.4 is 0 Å². The first-order valence-corrected chi connectivity index (χ1v) is 6.69. The molecule has 0 saturated carbocycles. The molecule has 94 valence electrons. The van der Waals surface area contributed by atoms with Gasteiger partial charge in [-0.25, -0.2) is 4.98 Å². The van der Waals surface area contributed by atoms with E-state index in [1.54, 1.807) is 0 Å². The first kappa shape index (κ1) is 13.0. The van der Waals surface area contributed by atoms with E-state index in [0.717, 1.165) is 23.4 Å². The summed E-state index contributed by atoms with van der Waals surface area (Å²) >= 11 is 5.11. The third-order valence-electron chi connectivity index (χ3n) is 3.27. The smallest absolute Gasteiger partial charge is 0.197 e. The monoisotopic (exact) mass is 258 g/mol. The molecule has 0 spiro atoms. The van der Waals surface area contributed by atoms with Crippen molar-refractivity contribution in [3.63, 3.8) is 0 Å². The van der Waals surface area contributed by atoms with Crippen LogP contribution >= 0.6 is 12.2 Å². The van der Waals surface area contributed by atoms with Crippen LogP contribution in [0.1, 0.15) is 37.4 Å². The average Bonchev–Trinajstić information content (AvgIpc) is 2.37. The highest BCUT2D eigenvalue weighted by atomic mass is 32.1. The Bertz CT molecular complexity index is 584. The molecule has 0 amide bonds. The molecule has 0 fully saturated rings. The fourth-order valence-electron chi connectivity index (χ4n) is 1.95. The first-order chi connectivity index (χ1) is 8.60. The van der Waals surface area contributed by atoms with Gasteiger partial charge in [0.2, 0.25) is 0 Å². The minimum absolute atomic E-state index is 0.538. The van der Waals surface area contributed by atoms with Gasteiger partial charge in [-0.15, -0.1) is 0 Å². The van der Waals surface area contributed by atoms with Crippen LogP contribution in [-0.2, 0) is 0 Å². The summed E-state index contributed by atoms with van der Waals surface area (Å²) in [4.78, 5) is 7.38. The third kappa shape index (κ3) is 2.85. The number of hydrogen-bond donors (Lipinski definition) is 1. The quantitative estimate of drug-likeness (QED) is 0.813. The summed E-state index contributed by atoms with van der Waals surface area (Å²) in [5.74, 6) is 0.604. The van der Waals surface area contributed by atoms with Crippen molar-refractivity contribution < 1.29 is 0 Å². The maximum Gasteiger partial charge on any atom is 0.197 e. The molecule has 3 heteroatoms. The summed E-state index contributed by atoms with van der Waals surface area (Å²) < 4.78 is 0.538. The fraction of sp³-hybridized carbons (Fsp3) is 0.333. The van der Waals surface area contributed by atoms with Crippen LogP contribution in [0.5, 0.6) is 0 Å². The Labute approximate surface area is 113 Å². The van der Waals surface area contributed by atoms with Crippen molar-refractivity contribution in [1.82, 2.24) is 9.97 Å². The molecule has 0 bridgehead atoms. The SMILES string of the molecule is CCC(C)c1ccc(-c2cc(C)[nH]c(=S)n2)cc1. The van der Waals surface area contributed by atoms with E-state index in [2.05, 4.69) is 48.1 Å². The van der Waals surface area contributed by atoms with Gasteiger partial charge in [-0.3, -0.25) is 0 Å². The molecule has 0 radical (unpaired) electrons. The van der Waals surface area contributed by atoms with E-state index >= 15 is 0 Å².